The van der Waals surface area contributed by atoms with E-state index >= 15 is 0 Å². The number of imide groups is 2. The number of anilines is 2. The Hall–Kier alpha value is -3.98. The molecule has 4 aromatic rings. The van der Waals surface area contributed by atoms with E-state index in [1.807, 2.05) is 44.2 Å². The van der Waals surface area contributed by atoms with Crippen molar-refractivity contribution in [3.05, 3.63) is 117 Å². The van der Waals surface area contributed by atoms with E-state index in [1.165, 1.54) is 0 Å². The zero-order valence-corrected chi connectivity index (χ0v) is 21.8. The van der Waals surface area contributed by atoms with Gasteiger partial charge in [0, 0.05) is 20.6 Å². The zero-order valence-electron chi connectivity index (χ0n) is 19.7. The average Bonchev–Trinajstić information content (AvgIpc) is 3.16. The maximum absolute atomic E-state index is 13.6. The molecule has 3 aromatic carbocycles. The third-order valence-electron chi connectivity index (χ3n) is 6.13. The highest BCUT2D eigenvalue weighted by molar-refractivity contribution is 14.1. The summed E-state index contributed by atoms with van der Waals surface area (Å²) >= 11 is 2.26. The van der Waals surface area contributed by atoms with Gasteiger partial charge in [0.1, 0.15) is 5.57 Å². The molecule has 0 bridgehead atoms. The lowest BCUT2D eigenvalue weighted by atomic mass is 10.0. The van der Waals surface area contributed by atoms with Crippen LogP contribution in [-0.4, -0.2) is 22.4 Å². The van der Waals surface area contributed by atoms with Crippen molar-refractivity contribution in [2.75, 3.05) is 9.80 Å². The number of aromatic nitrogens is 1. The van der Waals surface area contributed by atoms with E-state index < -0.39 is 17.8 Å². The standard InChI is InChI=1S/C29H22IN3O3/c1-19-17-21(20(2)31(19)25-15-13-22(30)14-16-25)18-26-27(34)32(23-9-5-3-6-10-23)29(36)33(28(26)35)24-11-7-4-8-12-24/h3-18H,1-2H3. The number of barbiturate groups is 1. The van der Waals surface area contributed by atoms with Crippen molar-refractivity contribution in [1.82, 2.24) is 4.57 Å². The van der Waals surface area contributed by atoms with E-state index in [0.717, 1.165) is 36.0 Å². The van der Waals surface area contributed by atoms with Crippen LogP contribution in [0.5, 0.6) is 0 Å². The first kappa shape index (κ1) is 23.7. The highest BCUT2D eigenvalue weighted by atomic mass is 127. The summed E-state index contributed by atoms with van der Waals surface area (Å²) in [5.74, 6) is -1.30. The van der Waals surface area contributed by atoms with Crippen LogP contribution in [0, 0.1) is 17.4 Å². The molecule has 4 amide bonds. The number of rotatable bonds is 4. The van der Waals surface area contributed by atoms with Crippen molar-refractivity contribution in [3.8, 4) is 5.69 Å². The van der Waals surface area contributed by atoms with E-state index in [0.29, 0.717) is 11.4 Å². The fourth-order valence-corrected chi connectivity index (χ4v) is 4.78. The molecule has 0 radical (unpaired) electrons. The van der Waals surface area contributed by atoms with E-state index in [9.17, 15) is 14.4 Å². The Morgan fingerprint density at radius 3 is 1.67 bits per heavy atom. The van der Waals surface area contributed by atoms with Crippen LogP contribution in [0.1, 0.15) is 17.0 Å². The number of urea groups is 1. The van der Waals surface area contributed by atoms with Crippen LogP contribution < -0.4 is 9.80 Å². The number of aryl methyl sites for hydroxylation is 1. The second kappa shape index (κ2) is 9.58. The van der Waals surface area contributed by atoms with Gasteiger partial charge in [0.25, 0.3) is 11.8 Å². The Kier molecular flexibility index (Phi) is 6.32. The van der Waals surface area contributed by atoms with Gasteiger partial charge in [0.2, 0.25) is 0 Å². The minimum atomic E-state index is -0.705. The van der Waals surface area contributed by atoms with Crippen molar-refractivity contribution >= 4 is 57.9 Å². The molecule has 0 unspecified atom stereocenters. The summed E-state index contributed by atoms with van der Waals surface area (Å²) in [5, 5.41) is 0. The summed E-state index contributed by atoms with van der Waals surface area (Å²) in [6, 6.07) is 26.7. The van der Waals surface area contributed by atoms with Crippen LogP contribution >= 0.6 is 22.6 Å². The fraction of sp³-hybridized carbons (Fsp3) is 0.0690. The number of benzene rings is 3. The molecule has 1 aliphatic rings. The van der Waals surface area contributed by atoms with Gasteiger partial charge in [-0.15, -0.1) is 0 Å². The number of hydrogen-bond acceptors (Lipinski definition) is 3. The van der Waals surface area contributed by atoms with E-state index in [1.54, 1.807) is 66.7 Å². The highest BCUT2D eigenvalue weighted by Crippen LogP contribution is 2.31. The van der Waals surface area contributed by atoms with Gasteiger partial charge >= 0.3 is 6.03 Å². The minimum absolute atomic E-state index is 0.0785. The Bertz CT molecular complexity index is 1440. The molecule has 0 spiro atoms. The molecule has 1 saturated heterocycles. The fourth-order valence-electron chi connectivity index (χ4n) is 4.42. The van der Waals surface area contributed by atoms with Crippen molar-refractivity contribution in [2.24, 2.45) is 0 Å². The smallest absolute Gasteiger partial charge is 0.318 e. The molecule has 36 heavy (non-hydrogen) atoms. The highest BCUT2D eigenvalue weighted by Gasteiger charge is 2.43. The number of nitrogens with zero attached hydrogens (tertiary/aromatic N) is 3. The van der Waals surface area contributed by atoms with Gasteiger partial charge in [0.05, 0.1) is 11.4 Å². The molecule has 0 aliphatic carbocycles. The summed E-state index contributed by atoms with van der Waals surface area (Å²) in [6.07, 6.45) is 1.59. The molecule has 5 rings (SSSR count). The Labute approximate surface area is 222 Å². The Morgan fingerprint density at radius 1 is 0.667 bits per heavy atom. The van der Waals surface area contributed by atoms with E-state index in [4.69, 9.17) is 0 Å². The lowest BCUT2D eigenvalue weighted by molar-refractivity contribution is -0.121. The molecule has 1 aromatic heterocycles. The van der Waals surface area contributed by atoms with Gasteiger partial charge in [-0.25, -0.2) is 14.6 Å². The molecule has 6 nitrogen and oxygen atoms in total. The second-order valence-corrected chi connectivity index (χ2v) is 9.68. The molecular formula is C29H22IN3O3. The molecule has 0 atom stereocenters. The number of para-hydroxylation sites is 2. The van der Waals surface area contributed by atoms with Crippen LogP contribution in [0.25, 0.3) is 11.8 Å². The van der Waals surface area contributed by atoms with Crippen LogP contribution in [0.3, 0.4) is 0 Å². The summed E-state index contributed by atoms with van der Waals surface area (Å²) in [6.45, 7) is 3.93. The van der Waals surface area contributed by atoms with Crippen molar-refractivity contribution in [1.29, 1.82) is 0 Å². The Morgan fingerprint density at radius 2 is 1.17 bits per heavy atom. The van der Waals surface area contributed by atoms with Crippen LogP contribution in [-0.2, 0) is 9.59 Å². The molecule has 7 heteroatoms. The first-order valence-electron chi connectivity index (χ1n) is 11.4. The number of halogens is 1. The number of carbonyl (C=O) groups excluding carboxylic acids is 3. The van der Waals surface area contributed by atoms with Gasteiger partial charge in [-0.3, -0.25) is 9.59 Å². The van der Waals surface area contributed by atoms with Gasteiger partial charge in [-0.1, -0.05) is 36.4 Å². The molecule has 1 aliphatic heterocycles. The van der Waals surface area contributed by atoms with Crippen LogP contribution in [0.4, 0.5) is 16.2 Å². The lowest BCUT2D eigenvalue weighted by Gasteiger charge is -2.33. The predicted octanol–water partition coefficient (Wildman–Crippen LogP) is 6.28. The largest absolute Gasteiger partial charge is 0.343 e. The van der Waals surface area contributed by atoms with Crippen molar-refractivity contribution < 1.29 is 14.4 Å². The summed E-state index contributed by atoms with van der Waals surface area (Å²) in [7, 11) is 0. The molecule has 0 saturated carbocycles. The third-order valence-corrected chi connectivity index (χ3v) is 6.85. The summed E-state index contributed by atoms with van der Waals surface area (Å²) in [4.78, 5) is 42.8. The predicted molar refractivity (Wildman–Crippen MR) is 149 cm³/mol. The minimum Gasteiger partial charge on any atom is -0.318 e. The maximum atomic E-state index is 13.6. The van der Waals surface area contributed by atoms with Gasteiger partial charge in [-0.2, -0.15) is 0 Å². The van der Waals surface area contributed by atoms with Crippen LogP contribution in [0.2, 0.25) is 0 Å². The summed E-state index contributed by atoms with van der Waals surface area (Å²) < 4.78 is 3.21. The van der Waals surface area contributed by atoms with Crippen LogP contribution in [0.15, 0.2) is 96.6 Å². The SMILES string of the molecule is Cc1cc(C=C2C(=O)N(c3ccccc3)C(=O)N(c3ccccc3)C2=O)c(C)n1-c1ccc(I)cc1. The van der Waals surface area contributed by atoms with Gasteiger partial charge < -0.3 is 4.57 Å². The lowest BCUT2D eigenvalue weighted by Crippen LogP contribution is -2.57. The van der Waals surface area contributed by atoms with Gasteiger partial charge in [0.15, 0.2) is 0 Å². The molecular weight excluding hydrogens is 565 g/mol. The number of carbonyl (C=O) groups is 3. The number of amides is 4. The maximum Gasteiger partial charge on any atom is 0.343 e. The third kappa shape index (κ3) is 4.15. The monoisotopic (exact) mass is 587 g/mol. The molecule has 178 valence electrons. The Balaban J connectivity index is 1.65. The van der Waals surface area contributed by atoms with E-state index in [2.05, 4.69) is 27.2 Å². The van der Waals surface area contributed by atoms with E-state index in [-0.39, 0.29) is 5.57 Å². The normalized spacial score (nSPS) is 14.0. The topological polar surface area (TPSA) is 62.6 Å². The van der Waals surface area contributed by atoms with Crippen molar-refractivity contribution in [3.63, 3.8) is 0 Å². The summed E-state index contributed by atoms with van der Waals surface area (Å²) in [5.41, 5.74) is 4.29. The second-order valence-electron chi connectivity index (χ2n) is 8.43. The van der Waals surface area contributed by atoms with Crippen molar-refractivity contribution in [2.45, 2.75) is 13.8 Å². The molecule has 2 heterocycles. The number of hydrogen-bond donors (Lipinski definition) is 0. The molecule has 1 fully saturated rings. The molecule has 0 N–H and O–H groups in total. The average molecular weight is 587 g/mol. The first-order valence-corrected chi connectivity index (χ1v) is 12.4. The quantitative estimate of drug-likeness (QED) is 0.160. The zero-order chi connectivity index (χ0) is 25.4. The first-order chi connectivity index (χ1) is 17.4. The van der Waals surface area contributed by atoms with Gasteiger partial charge in [-0.05, 0) is 103 Å².